The number of carbonyl (C=O) groups excluding carboxylic acids is 1. The zero-order valence-corrected chi connectivity index (χ0v) is 9.26. The molecule has 2 atom stereocenters. The lowest BCUT2D eigenvalue weighted by Gasteiger charge is -2.42. The minimum Gasteiger partial charge on any atom is -0.543 e. The summed E-state index contributed by atoms with van der Waals surface area (Å²) in [5.74, 6) is -3.10. The smallest absolute Gasteiger partial charge is 0.415 e. The maximum Gasteiger partial charge on any atom is 0.415 e. The molecule has 0 aromatic heterocycles. The molecule has 0 aromatic rings. The quantitative estimate of drug-likeness (QED) is 0.551. The molecule has 0 N–H and O–H groups in total. The minimum absolute atomic E-state index is 0.776. The Labute approximate surface area is 105 Å². The van der Waals surface area contributed by atoms with Gasteiger partial charge in [0.05, 0.1) is 0 Å². The van der Waals surface area contributed by atoms with Gasteiger partial charge in [-0.3, -0.25) is 0 Å². The van der Waals surface area contributed by atoms with Crippen LogP contribution in [0, 0.1) is 0 Å². The maximum absolute atomic E-state index is 13.0. The highest BCUT2D eigenvalue weighted by Gasteiger charge is 2.57. The number of hydrogen-bond acceptors (Lipinski definition) is 4. The average Bonchev–Trinajstić information content (AvgIpc) is 2.25. The molecule has 20 heavy (non-hydrogen) atoms. The monoisotopic (exact) mass is 316 g/mol. The molecule has 0 saturated carbocycles. The van der Waals surface area contributed by atoms with Gasteiger partial charge in [0.15, 0.2) is 12.2 Å². The van der Waals surface area contributed by atoms with Gasteiger partial charge in [-0.1, -0.05) is 0 Å². The summed E-state index contributed by atoms with van der Waals surface area (Å²) in [5, 5.41) is 10.1. The van der Waals surface area contributed by atoms with Crippen LogP contribution in [0.5, 0.6) is 0 Å². The molecular formula is C8H6F8NO3-. The molecule has 0 amide bonds. The molecule has 2 unspecified atom stereocenters. The molecule has 0 bridgehead atoms. The number of carboxylic acid groups (broad SMARTS) is 1. The first kappa shape index (κ1) is 16.9. The summed E-state index contributed by atoms with van der Waals surface area (Å²) in [6, 6.07) is -4.98. The van der Waals surface area contributed by atoms with Crippen molar-refractivity contribution >= 4 is 5.97 Å². The molecule has 0 aliphatic carbocycles. The molecule has 1 heterocycles. The van der Waals surface area contributed by atoms with E-state index in [-0.39, 0.29) is 0 Å². The first-order valence-electron chi connectivity index (χ1n) is 4.89. The van der Waals surface area contributed by atoms with Crippen LogP contribution in [0.1, 0.15) is 0 Å². The van der Waals surface area contributed by atoms with E-state index in [1.807, 2.05) is 0 Å². The summed E-state index contributed by atoms with van der Waals surface area (Å²) >= 11 is 0. The van der Waals surface area contributed by atoms with E-state index < -0.39 is 54.6 Å². The molecule has 0 radical (unpaired) electrons. The van der Waals surface area contributed by atoms with Gasteiger partial charge < -0.3 is 14.6 Å². The fourth-order valence-corrected chi connectivity index (χ4v) is 1.48. The van der Waals surface area contributed by atoms with E-state index in [0.29, 0.717) is 0 Å². The molecule has 4 nitrogen and oxygen atoms in total. The summed E-state index contributed by atoms with van der Waals surface area (Å²) in [5.41, 5.74) is 0. The standard InChI is InChI=1S/C8H7F8NO3/c9-6(10,11)3-1-17(8(15,16)5(18)19)2-4(20-3)7(12,13)14/h3-4H,1-2H2,(H,18,19)/p-1. The van der Waals surface area contributed by atoms with Crippen molar-refractivity contribution in [1.29, 1.82) is 0 Å². The Balaban J connectivity index is 3.06. The Morgan fingerprint density at radius 3 is 1.55 bits per heavy atom. The van der Waals surface area contributed by atoms with Crippen LogP contribution in [0.3, 0.4) is 0 Å². The Morgan fingerprint density at radius 1 is 0.950 bits per heavy atom. The second kappa shape index (κ2) is 4.98. The molecule has 12 heteroatoms. The zero-order chi connectivity index (χ0) is 15.9. The maximum atomic E-state index is 13.0. The van der Waals surface area contributed by atoms with Crippen LogP contribution in [0.2, 0.25) is 0 Å². The van der Waals surface area contributed by atoms with E-state index in [1.54, 1.807) is 0 Å². The van der Waals surface area contributed by atoms with Crippen molar-refractivity contribution in [2.24, 2.45) is 0 Å². The van der Waals surface area contributed by atoms with Gasteiger partial charge in [0.25, 0.3) is 0 Å². The largest absolute Gasteiger partial charge is 0.543 e. The second-order valence-corrected chi connectivity index (χ2v) is 3.93. The lowest BCUT2D eigenvalue weighted by atomic mass is 10.2. The molecule has 0 spiro atoms. The number of carbonyl (C=O) groups is 1. The molecule has 1 aliphatic rings. The summed E-state index contributed by atoms with van der Waals surface area (Å²) < 4.78 is 104. The minimum atomic E-state index is -5.36. The summed E-state index contributed by atoms with van der Waals surface area (Å²) in [6.07, 6.45) is -17.1. The highest BCUT2D eigenvalue weighted by Crippen LogP contribution is 2.36. The third-order valence-electron chi connectivity index (χ3n) is 2.47. The molecule has 1 fully saturated rings. The van der Waals surface area contributed by atoms with Crippen molar-refractivity contribution in [2.45, 2.75) is 30.6 Å². The van der Waals surface area contributed by atoms with Gasteiger partial charge in [-0.05, 0) is 0 Å². The fraction of sp³-hybridized carbons (Fsp3) is 0.875. The highest BCUT2D eigenvalue weighted by molar-refractivity contribution is 5.72. The number of hydrogen-bond donors (Lipinski definition) is 0. The van der Waals surface area contributed by atoms with Crippen LogP contribution in [-0.2, 0) is 9.53 Å². The fourth-order valence-electron chi connectivity index (χ4n) is 1.48. The van der Waals surface area contributed by atoms with Crippen LogP contribution in [-0.4, -0.2) is 54.6 Å². The molecular weight excluding hydrogens is 310 g/mol. The number of ether oxygens (including phenoxy) is 1. The van der Waals surface area contributed by atoms with Crippen molar-refractivity contribution in [3.8, 4) is 0 Å². The lowest BCUT2D eigenvalue weighted by molar-refractivity contribution is -0.361. The molecule has 118 valence electrons. The van der Waals surface area contributed by atoms with Gasteiger partial charge in [-0.2, -0.15) is 35.1 Å². The van der Waals surface area contributed by atoms with E-state index in [4.69, 9.17) is 0 Å². The summed E-state index contributed by atoms with van der Waals surface area (Å²) in [7, 11) is 0. The molecule has 1 aliphatic heterocycles. The third kappa shape index (κ3) is 3.48. The Kier molecular flexibility index (Phi) is 4.21. The predicted octanol–water partition coefficient (Wildman–Crippen LogP) is 0.523. The lowest BCUT2D eigenvalue weighted by Crippen LogP contribution is -2.65. The van der Waals surface area contributed by atoms with Crippen LogP contribution in [0.15, 0.2) is 0 Å². The summed E-state index contributed by atoms with van der Waals surface area (Å²) in [6.45, 7) is -3.51. The Morgan fingerprint density at radius 2 is 1.30 bits per heavy atom. The van der Waals surface area contributed by atoms with Crippen molar-refractivity contribution < 1.29 is 49.8 Å². The van der Waals surface area contributed by atoms with Gasteiger partial charge in [0, 0.05) is 13.1 Å². The van der Waals surface area contributed by atoms with Crippen LogP contribution in [0.4, 0.5) is 35.1 Å². The number of rotatable bonds is 2. The zero-order valence-electron chi connectivity index (χ0n) is 9.26. The number of carboxylic acids is 1. The van der Waals surface area contributed by atoms with Gasteiger partial charge >= 0.3 is 18.4 Å². The topological polar surface area (TPSA) is 52.6 Å². The van der Waals surface area contributed by atoms with Crippen molar-refractivity contribution in [1.82, 2.24) is 4.90 Å². The number of alkyl halides is 8. The third-order valence-corrected chi connectivity index (χ3v) is 2.47. The van der Waals surface area contributed by atoms with Crippen LogP contribution >= 0.6 is 0 Å². The van der Waals surface area contributed by atoms with Crippen LogP contribution < -0.4 is 5.11 Å². The first-order valence-corrected chi connectivity index (χ1v) is 4.89. The molecule has 1 saturated heterocycles. The SMILES string of the molecule is O=C([O-])C(F)(F)N1CC(C(F)(F)F)OC(C(F)(F)F)C1. The van der Waals surface area contributed by atoms with E-state index in [2.05, 4.69) is 4.74 Å². The van der Waals surface area contributed by atoms with Crippen molar-refractivity contribution in [3.05, 3.63) is 0 Å². The first-order chi connectivity index (χ1) is 8.76. The number of morpholine rings is 1. The number of halogens is 8. The van der Waals surface area contributed by atoms with E-state index in [0.717, 1.165) is 0 Å². The Bertz CT molecular complexity index is 357. The van der Waals surface area contributed by atoms with Gasteiger partial charge in [0.1, 0.15) is 5.97 Å². The van der Waals surface area contributed by atoms with E-state index in [9.17, 15) is 45.0 Å². The average molecular weight is 316 g/mol. The van der Waals surface area contributed by atoms with Crippen molar-refractivity contribution in [3.63, 3.8) is 0 Å². The second-order valence-electron chi connectivity index (χ2n) is 3.93. The summed E-state index contributed by atoms with van der Waals surface area (Å²) in [4.78, 5) is 9.35. The van der Waals surface area contributed by atoms with Crippen LogP contribution in [0.25, 0.3) is 0 Å². The highest BCUT2D eigenvalue weighted by atomic mass is 19.4. The number of nitrogens with zero attached hydrogens (tertiary/aromatic N) is 1. The predicted molar refractivity (Wildman–Crippen MR) is 42.3 cm³/mol. The Hall–Kier alpha value is -1.17. The normalized spacial score (nSPS) is 26.6. The van der Waals surface area contributed by atoms with Crippen molar-refractivity contribution in [2.75, 3.05) is 13.1 Å². The molecule has 1 rings (SSSR count). The van der Waals surface area contributed by atoms with Gasteiger partial charge in [0.2, 0.25) is 0 Å². The van der Waals surface area contributed by atoms with Gasteiger partial charge in [-0.15, -0.1) is 0 Å². The molecule has 0 aromatic carbocycles. The number of aliphatic carboxylic acids is 1. The van der Waals surface area contributed by atoms with E-state index >= 15 is 0 Å². The van der Waals surface area contributed by atoms with E-state index in [1.165, 1.54) is 0 Å². The van der Waals surface area contributed by atoms with Gasteiger partial charge in [-0.25, -0.2) is 4.90 Å².